The highest BCUT2D eigenvalue weighted by Gasteiger charge is 2.16. The summed E-state index contributed by atoms with van der Waals surface area (Å²) in [5, 5.41) is 6.17. The Morgan fingerprint density at radius 3 is 2.60 bits per heavy atom. The van der Waals surface area contributed by atoms with E-state index in [2.05, 4.69) is 10.6 Å². The van der Waals surface area contributed by atoms with Crippen LogP contribution in [0, 0.1) is 0 Å². The maximum Gasteiger partial charge on any atom is 0.258 e. The minimum absolute atomic E-state index is 0.0666. The molecular formula is C19H26N2O4. The maximum atomic E-state index is 12.0. The molecule has 136 valence electrons. The molecule has 0 atom stereocenters. The lowest BCUT2D eigenvalue weighted by atomic mass is 10.1. The molecule has 0 saturated carbocycles. The Kier molecular flexibility index (Phi) is 6.47. The van der Waals surface area contributed by atoms with E-state index in [9.17, 15) is 4.79 Å². The van der Waals surface area contributed by atoms with Crippen LogP contribution in [0.1, 0.15) is 32.1 Å². The summed E-state index contributed by atoms with van der Waals surface area (Å²) >= 11 is 0. The average Bonchev–Trinajstić information content (AvgIpc) is 3.05. The van der Waals surface area contributed by atoms with Gasteiger partial charge in [-0.3, -0.25) is 4.79 Å². The van der Waals surface area contributed by atoms with E-state index in [-0.39, 0.29) is 18.1 Å². The number of nitrogens with one attached hydrogen (secondary N) is 2. The summed E-state index contributed by atoms with van der Waals surface area (Å²) in [6.07, 6.45) is 1.64. The summed E-state index contributed by atoms with van der Waals surface area (Å²) in [5.74, 6) is 1.85. The number of hydrogen-bond acceptors (Lipinski definition) is 5. The summed E-state index contributed by atoms with van der Waals surface area (Å²) in [4.78, 5) is 12.0. The van der Waals surface area contributed by atoms with Crippen molar-refractivity contribution in [3.8, 4) is 11.5 Å². The van der Waals surface area contributed by atoms with Crippen LogP contribution in [0.2, 0.25) is 0 Å². The first-order valence-electron chi connectivity index (χ1n) is 8.22. The number of ether oxygens (including phenoxy) is 2. The fourth-order valence-corrected chi connectivity index (χ4v) is 2.35. The van der Waals surface area contributed by atoms with Crippen molar-refractivity contribution in [3.63, 3.8) is 0 Å². The summed E-state index contributed by atoms with van der Waals surface area (Å²) < 4.78 is 16.4. The molecule has 1 amide bonds. The van der Waals surface area contributed by atoms with Gasteiger partial charge in [-0.1, -0.05) is 12.1 Å². The third kappa shape index (κ3) is 6.15. The van der Waals surface area contributed by atoms with Crippen LogP contribution in [0.25, 0.3) is 0 Å². The number of carbonyl (C=O) groups is 1. The molecule has 1 heterocycles. The second-order valence-electron chi connectivity index (χ2n) is 6.72. The van der Waals surface area contributed by atoms with Gasteiger partial charge in [0, 0.05) is 17.6 Å². The fraction of sp³-hybridized carbons (Fsp3) is 0.421. The number of benzene rings is 1. The quantitative estimate of drug-likeness (QED) is 0.769. The van der Waals surface area contributed by atoms with E-state index in [0.29, 0.717) is 24.6 Å². The Morgan fingerprint density at radius 2 is 1.96 bits per heavy atom. The van der Waals surface area contributed by atoms with Crippen molar-refractivity contribution in [1.29, 1.82) is 0 Å². The Bertz CT molecular complexity index is 675. The average molecular weight is 346 g/mol. The van der Waals surface area contributed by atoms with Crippen LogP contribution in [-0.4, -0.2) is 25.2 Å². The van der Waals surface area contributed by atoms with Crippen LogP contribution in [0.4, 0.5) is 0 Å². The van der Waals surface area contributed by atoms with Gasteiger partial charge >= 0.3 is 0 Å². The van der Waals surface area contributed by atoms with Crippen molar-refractivity contribution >= 4 is 5.91 Å². The van der Waals surface area contributed by atoms with Crippen LogP contribution < -0.4 is 20.1 Å². The van der Waals surface area contributed by atoms with Crippen LogP contribution in [0.5, 0.6) is 11.5 Å². The standard InChI is InChI=1S/C19H26N2O4/c1-19(2,3)21-17(22)13-25-18-14(7-5-9-16(18)23-4)11-20-12-15-8-6-10-24-15/h5-10,20H,11-13H2,1-4H3,(H,21,22). The third-order valence-corrected chi connectivity index (χ3v) is 3.34. The molecule has 6 nitrogen and oxygen atoms in total. The molecule has 1 aromatic heterocycles. The summed E-state index contributed by atoms with van der Waals surface area (Å²) in [7, 11) is 1.58. The van der Waals surface area contributed by atoms with E-state index in [1.165, 1.54) is 0 Å². The summed E-state index contributed by atoms with van der Waals surface area (Å²) in [6, 6.07) is 9.41. The monoisotopic (exact) mass is 346 g/mol. The van der Waals surface area contributed by atoms with E-state index in [4.69, 9.17) is 13.9 Å². The lowest BCUT2D eigenvalue weighted by molar-refractivity contribution is -0.124. The topological polar surface area (TPSA) is 72.7 Å². The van der Waals surface area contributed by atoms with E-state index in [0.717, 1.165) is 11.3 Å². The van der Waals surface area contributed by atoms with Crippen molar-refractivity contribution < 1.29 is 18.7 Å². The molecule has 0 bridgehead atoms. The molecule has 0 aliphatic heterocycles. The number of carbonyl (C=O) groups excluding carboxylic acids is 1. The molecule has 2 rings (SSSR count). The first-order chi connectivity index (χ1) is 11.9. The first-order valence-corrected chi connectivity index (χ1v) is 8.22. The third-order valence-electron chi connectivity index (χ3n) is 3.34. The van der Waals surface area contributed by atoms with E-state index < -0.39 is 0 Å². The predicted molar refractivity (Wildman–Crippen MR) is 95.6 cm³/mol. The number of para-hydroxylation sites is 1. The normalized spacial score (nSPS) is 11.2. The van der Waals surface area contributed by atoms with Gasteiger partial charge < -0.3 is 24.5 Å². The molecule has 1 aromatic carbocycles. The zero-order valence-corrected chi connectivity index (χ0v) is 15.2. The molecular weight excluding hydrogens is 320 g/mol. The molecule has 0 unspecified atom stereocenters. The van der Waals surface area contributed by atoms with Crippen molar-refractivity contribution in [3.05, 3.63) is 47.9 Å². The van der Waals surface area contributed by atoms with E-state index in [1.54, 1.807) is 13.4 Å². The lowest BCUT2D eigenvalue weighted by Crippen LogP contribution is -2.43. The van der Waals surface area contributed by atoms with Gasteiger partial charge in [-0.25, -0.2) is 0 Å². The van der Waals surface area contributed by atoms with Gasteiger partial charge in [0.25, 0.3) is 5.91 Å². The van der Waals surface area contributed by atoms with Gasteiger partial charge in [-0.2, -0.15) is 0 Å². The molecule has 2 N–H and O–H groups in total. The number of furan rings is 1. The molecule has 6 heteroatoms. The molecule has 2 aromatic rings. The Labute approximate surface area is 148 Å². The molecule has 0 fully saturated rings. The van der Waals surface area contributed by atoms with Gasteiger partial charge in [0.05, 0.1) is 19.9 Å². The largest absolute Gasteiger partial charge is 0.493 e. The molecule has 25 heavy (non-hydrogen) atoms. The number of rotatable bonds is 8. The van der Waals surface area contributed by atoms with Crippen molar-refractivity contribution in [2.24, 2.45) is 0 Å². The first kappa shape index (κ1) is 18.9. The van der Waals surface area contributed by atoms with Crippen molar-refractivity contribution in [1.82, 2.24) is 10.6 Å². The highest BCUT2D eigenvalue weighted by Crippen LogP contribution is 2.31. The van der Waals surface area contributed by atoms with Gasteiger partial charge in [-0.15, -0.1) is 0 Å². The second kappa shape index (κ2) is 8.58. The van der Waals surface area contributed by atoms with Crippen LogP contribution in [0.15, 0.2) is 41.0 Å². The van der Waals surface area contributed by atoms with Gasteiger partial charge in [0.15, 0.2) is 18.1 Å². The fourth-order valence-electron chi connectivity index (χ4n) is 2.35. The zero-order chi connectivity index (χ0) is 18.3. The molecule has 0 radical (unpaired) electrons. The SMILES string of the molecule is COc1cccc(CNCc2ccco2)c1OCC(=O)NC(C)(C)C. The summed E-state index contributed by atoms with van der Waals surface area (Å²) in [5.41, 5.74) is 0.615. The Morgan fingerprint density at radius 1 is 1.16 bits per heavy atom. The second-order valence-corrected chi connectivity index (χ2v) is 6.72. The minimum Gasteiger partial charge on any atom is -0.493 e. The van der Waals surface area contributed by atoms with E-state index in [1.807, 2.05) is 51.1 Å². The van der Waals surface area contributed by atoms with Gasteiger partial charge in [0.2, 0.25) is 0 Å². The van der Waals surface area contributed by atoms with Crippen LogP contribution in [-0.2, 0) is 17.9 Å². The van der Waals surface area contributed by atoms with Crippen molar-refractivity contribution in [2.75, 3.05) is 13.7 Å². The highest BCUT2D eigenvalue weighted by atomic mass is 16.5. The Hall–Kier alpha value is -2.47. The number of methoxy groups -OCH3 is 1. The molecule has 0 aliphatic carbocycles. The van der Waals surface area contributed by atoms with Crippen molar-refractivity contribution in [2.45, 2.75) is 39.4 Å². The minimum atomic E-state index is -0.297. The zero-order valence-electron chi connectivity index (χ0n) is 15.2. The molecule has 0 spiro atoms. The Balaban J connectivity index is 2.00. The maximum absolute atomic E-state index is 12.0. The highest BCUT2D eigenvalue weighted by molar-refractivity contribution is 5.78. The lowest BCUT2D eigenvalue weighted by Gasteiger charge is -2.21. The van der Waals surface area contributed by atoms with Gasteiger partial charge in [0.1, 0.15) is 5.76 Å². The van der Waals surface area contributed by atoms with Crippen LogP contribution in [0.3, 0.4) is 0 Å². The number of hydrogen-bond donors (Lipinski definition) is 2. The van der Waals surface area contributed by atoms with Crippen LogP contribution >= 0.6 is 0 Å². The smallest absolute Gasteiger partial charge is 0.258 e. The summed E-state index contributed by atoms with van der Waals surface area (Å²) in [6.45, 7) is 6.89. The molecule has 0 aliphatic rings. The predicted octanol–water partition coefficient (Wildman–Crippen LogP) is 2.87. The number of amides is 1. The van der Waals surface area contributed by atoms with Gasteiger partial charge in [-0.05, 0) is 39.0 Å². The van der Waals surface area contributed by atoms with E-state index >= 15 is 0 Å². The molecule has 0 saturated heterocycles.